The summed E-state index contributed by atoms with van der Waals surface area (Å²) in [5.74, 6) is 0.544. The molecule has 4 aromatic rings. The fourth-order valence-electron chi connectivity index (χ4n) is 4.37. The normalized spacial score (nSPS) is 14.8. The summed E-state index contributed by atoms with van der Waals surface area (Å²) in [5.41, 5.74) is 3.86. The van der Waals surface area contributed by atoms with Gasteiger partial charge in [0.2, 0.25) is 10.0 Å². The molecule has 0 unspecified atom stereocenters. The van der Waals surface area contributed by atoms with E-state index in [-0.39, 0.29) is 6.01 Å². The number of rotatable bonds is 7. The van der Waals surface area contributed by atoms with Crippen LogP contribution < -0.4 is 14.4 Å². The number of fused-ring (bicyclic) bond motifs is 1. The molecule has 194 valence electrons. The molecule has 0 spiro atoms. The molecule has 0 saturated carbocycles. The minimum atomic E-state index is -3.36. The van der Waals surface area contributed by atoms with Gasteiger partial charge in [-0.25, -0.2) is 18.1 Å². The van der Waals surface area contributed by atoms with Crippen LogP contribution in [-0.4, -0.2) is 55.9 Å². The molecule has 11 heteroatoms. The first-order valence-electron chi connectivity index (χ1n) is 11.8. The van der Waals surface area contributed by atoms with Crippen LogP contribution in [0.25, 0.3) is 22.4 Å². The van der Waals surface area contributed by atoms with Crippen molar-refractivity contribution in [3.63, 3.8) is 0 Å². The minimum absolute atomic E-state index is 0.277. The Hall–Kier alpha value is -3.18. The number of nitrogens with one attached hydrogen (secondary N) is 2. The number of hydrogen-bond acceptors (Lipinski definition) is 7. The predicted octanol–water partition coefficient (Wildman–Crippen LogP) is 4.69. The second-order valence-corrected chi connectivity index (χ2v) is 11.7. The molecular formula is C26H28ClN5O4S. The summed E-state index contributed by atoms with van der Waals surface area (Å²) in [5, 5.41) is 0.506. The van der Waals surface area contributed by atoms with Crippen molar-refractivity contribution in [2.45, 2.75) is 19.4 Å². The zero-order chi connectivity index (χ0) is 26.2. The molecule has 0 radical (unpaired) electrons. The first-order chi connectivity index (χ1) is 17.6. The number of H-pyrrole nitrogens is 1. The highest BCUT2D eigenvalue weighted by atomic mass is 35.5. The van der Waals surface area contributed by atoms with Gasteiger partial charge in [0.25, 0.3) is 0 Å². The van der Waals surface area contributed by atoms with E-state index >= 15 is 0 Å². The van der Waals surface area contributed by atoms with Crippen LogP contribution in [-0.2, 0) is 20.3 Å². The molecule has 1 aliphatic heterocycles. The van der Waals surface area contributed by atoms with Gasteiger partial charge in [-0.15, -0.1) is 0 Å². The quantitative estimate of drug-likeness (QED) is 0.349. The Morgan fingerprint density at radius 3 is 2.38 bits per heavy atom. The molecule has 1 saturated heterocycles. The van der Waals surface area contributed by atoms with Crippen LogP contribution in [0.4, 0.5) is 5.69 Å². The summed E-state index contributed by atoms with van der Waals surface area (Å²) in [4.78, 5) is 14.6. The van der Waals surface area contributed by atoms with Crippen LogP contribution >= 0.6 is 11.6 Å². The standard InChI is InChI=1S/C26H28ClN5O4S/c1-26(2,31-37(3,33)34)18-6-10-20(11-7-18)36-25-28-22-16-21(27)23(29-24(22)30-25)17-4-8-19(9-5-17)32-12-14-35-15-13-32/h4-11,16,31H,12-15H2,1-3H3,(H,28,29,30). The Labute approximate surface area is 220 Å². The Morgan fingerprint density at radius 1 is 1.05 bits per heavy atom. The molecule has 0 bridgehead atoms. The van der Waals surface area contributed by atoms with Crippen LogP contribution in [0.3, 0.4) is 0 Å². The lowest BCUT2D eigenvalue weighted by Gasteiger charge is -2.28. The highest BCUT2D eigenvalue weighted by Gasteiger charge is 2.24. The molecule has 1 aliphatic rings. The van der Waals surface area contributed by atoms with Gasteiger partial charge >= 0.3 is 6.01 Å². The number of benzene rings is 2. The summed E-state index contributed by atoms with van der Waals surface area (Å²) in [6.07, 6.45) is 1.14. The number of ether oxygens (including phenoxy) is 2. The van der Waals surface area contributed by atoms with Gasteiger partial charge in [0, 0.05) is 24.3 Å². The Balaban J connectivity index is 1.34. The molecule has 0 amide bonds. The van der Waals surface area contributed by atoms with Gasteiger partial charge < -0.3 is 19.4 Å². The zero-order valence-corrected chi connectivity index (χ0v) is 22.4. The molecule has 37 heavy (non-hydrogen) atoms. The maximum absolute atomic E-state index is 11.7. The van der Waals surface area contributed by atoms with Gasteiger partial charge in [-0.3, -0.25) is 0 Å². The van der Waals surface area contributed by atoms with E-state index < -0.39 is 15.6 Å². The molecule has 0 atom stereocenters. The van der Waals surface area contributed by atoms with Gasteiger partial charge in [-0.2, -0.15) is 4.98 Å². The second-order valence-electron chi connectivity index (χ2n) is 9.50. The van der Waals surface area contributed by atoms with Crippen LogP contribution in [0.2, 0.25) is 5.02 Å². The maximum Gasteiger partial charge on any atom is 0.301 e. The molecule has 2 aromatic heterocycles. The summed E-state index contributed by atoms with van der Waals surface area (Å²) in [6, 6.07) is 17.4. The van der Waals surface area contributed by atoms with Gasteiger partial charge in [-0.1, -0.05) is 35.9 Å². The van der Waals surface area contributed by atoms with Crippen LogP contribution in [0, 0.1) is 0 Å². The molecule has 5 rings (SSSR count). The number of pyridine rings is 1. The van der Waals surface area contributed by atoms with Gasteiger partial charge in [0.1, 0.15) is 5.75 Å². The summed E-state index contributed by atoms with van der Waals surface area (Å²) in [6.45, 7) is 6.81. The number of sulfonamides is 1. The van der Waals surface area contributed by atoms with Gasteiger partial charge in [0.05, 0.1) is 41.2 Å². The molecular weight excluding hydrogens is 514 g/mol. The van der Waals surface area contributed by atoms with Crippen molar-refractivity contribution >= 4 is 38.5 Å². The lowest BCUT2D eigenvalue weighted by atomic mass is 9.96. The SMILES string of the molecule is CC(C)(NS(C)(=O)=O)c1ccc(Oc2nc3nc(-c4ccc(N5CCOCC5)cc4)c(Cl)cc3[nH]2)cc1. The highest BCUT2D eigenvalue weighted by molar-refractivity contribution is 7.88. The average Bonchev–Trinajstić information content (AvgIpc) is 3.24. The predicted molar refractivity (Wildman–Crippen MR) is 145 cm³/mol. The third-order valence-corrected chi connectivity index (χ3v) is 7.32. The first-order valence-corrected chi connectivity index (χ1v) is 14.1. The number of hydrogen-bond donors (Lipinski definition) is 2. The zero-order valence-electron chi connectivity index (χ0n) is 20.8. The van der Waals surface area contributed by atoms with E-state index in [1.54, 1.807) is 32.0 Å². The van der Waals surface area contributed by atoms with Gasteiger partial charge in [-0.05, 0) is 49.7 Å². The number of imidazole rings is 1. The summed E-state index contributed by atoms with van der Waals surface area (Å²) >= 11 is 6.57. The Bertz CT molecular complexity index is 1510. The van der Waals surface area contributed by atoms with Crippen molar-refractivity contribution in [1.29, 1.82) is 0 Å². The molecule has 1 fully saturated rings. The highest BCUT2D eigenvalue weighted by Crippen LogP contribution is 2.32. The van der Waals surface area contributed by atoms with Crippen molar-refractivity contribution in [2.24, 2.45) is 0 Å². The van der Waals surface area contributed by atoms with Gasteiger partial charge in [0.15, 0.2) is 5.65 Å². The number of morpholine rings is 1. The van der Waals surface area contributed by atoms with Crippen molar-refractivity contribution in [2.75, 3.05) is 37.5 Å². The Morgan fingerprint density at radius 2 is 1.73 bits per heavy atom. The monoisotopic (exact) mass is 541 g/mol. The van der Waals surface area contributed by atoms with E-state index in [1.165, 1.54) is 0 Å². The Kier molecular flexibility index (Phi) is 6.84. The maximum atomic E-state index is 11.7. The largest absolute Gasteiger partial charge is 0.426 e. The number of aromatic nitrogens is 3. The lowest BCUT2D eigenvalue weighted by molar-refractivity contribution is 0.122. The molecule has 0 aliphatic carbocycles. The first kappa shape index (κ1) is 25.5. The van der Waals surface area contributed by atoms with Crippen LogP contribution in [0.5, 0.6) is 11.8 Å². The van der Waals surface area contributed by atoms with E-state index in [0.717, 1.165) is 49.4 Å². The van der Waals surface area contributed by atoms with Crippen molar-refractivity contribution in [3.8, 4) is 23.0 Å². The molecule has 2 aromatic carbocycles. The smallest absolute Gasteiger partial charge is 0.301 e. The summed E-state index contributed by atoms with van der Waals surface area (Å²) in [7, 11) is -3.36. The van der Waals surface area contributed by atoms with Crippen LogP contribution in [0.1, 0.15) is 19.4 Å². The molecule has 9 nitrogen and oxygen atoms in total. The fraction of sp³-hybridized carbons (Fsp3) is 0.308. The van der Waals surface area contributed by atoms with E-state index in [0.29, 0.717) is 27.6 Å². The topological polar surface area (TPSA) is 109 Å². The second kappa shape index (κ2) is 9.94. The molecule has 2 N–H and O–H groups in total. The lowest BCUT2D eigenvalue weighted by Crippen LogP contribution is -2.40. The third kappa shape index (κ3) is 5.88. The number of halogens is 1. The number of anilines is 1. The third-order valence-electron chi connectivity index (χ3n) is 6.15. The van der Waals surface area contributed by atoms with E-state index in [9.17, 15) is 8.42 Å². The van der Waals surface area contributed by atoms with E-state index in [4.69, 9.17) is 21.1 Å². The molecule has 3 heterocycles. The van der Waals surface area contributed by atoms with Crippen molar-refractivity contribution in [3.05, 3.63) is 65.2 Å². The average molecular weight is 542 g/mol. The van der Waals surface area contributed by atoms with Crippen molar-refractivity contribution in [1.82, 2.24) is 19.7 Å². The van der Waals surface area contributed by atoms with Crippen molar-refractivity contribution < 1.29 is 17.9 Å². The van der Waals surface area contributed by atoms with E-state index in [1.807, 2.05) is 24.3 Å². The van der Waals surface area contributed by atoms with E-state index in [2.05, 4.69) is 36.7 Å². The van der Waals surface area contributed by atoms with Crippen LogP contribution in [0.15, 0.2) is 54.6 Å². The number of nitrogens with zero attached hydrogens (tertiary/aromatic N) is 3. The summed E-state index contributed by atoms with van der Waals surface area (Å²) < 4.78 is 37.3. The minimum Gasteiger partial charge on any atom is -0.426 e. The fourth-order valence-corrected chi connectivity index (χ4v) is 5.68. The number of aromatic amines is 1.